The molecule has 1 fully saturated rings. The maximum absolute atomic E-state index is 12.9. The van der Waals surface area contributed by atoms with Gasteiger partial charge >= 0.3 is 6.09 Å². The molecule has 0 bridgehead atoms. The first kappa shape index (κ1) is 25.3. The molecule has 2 aromatic rings. The topological polar surface area (TPSA) is 127 Å². The van der Waals surface area contributed by atoms with E-state index >= 15 is 0 Å². The smallest absolute Gasteiger partial charge is 0.407 e. The van der Waals surface area contributed by atoms with Crippen LogP contribution in [0.4, 0.5) is 4.79 Å². The number of hydrogen-bond donors (Lipinski definition) is 3. The summed E-state index contributed by atoms with van der Waals surface area (Å²) in [5.74, 6) is -0.405. The van der Waals surface area contributed by atoms with Crippen molar-refractivity contribution < 1.29 is 26.9 Å². The van der Waals surface area contributed by atoms with E-state index in [0.29, 0.717) is 30.0 Å². The number of H-pyrrole nitrogens is 1. The first-order valence-electron chi connectivity index (χ1n) is 10.7. The number of alkyl carbamates (subject to hydrolysis) is 1. The highest BCUT2D eigenvalue weighted by atomic mass is 35.5. The molecule has 0 radical (unpaired) electrons. The quantitative estimate of drug-likeness (QED) is 0.521. The van der Waals surface area contributed by atoms with Crippen molar-refractivity contribution >= 4 is 44.6 Å². The van der Waals surface area contributed by atoms with Crippen molar-refractivity contribution in [3.8, 4) is 0 Å². The third-order valence-electron chi connectivity index (χ3n) is 5.32. The van der Waals surface area contributed by atoms with Crippen LogP contribution in [0.1, 0.15) is 50.5 Å². The molecule has 0 aliphatic heterocycles. The Hall–Kier alpha value is -2.30. The van der Waals surface area contributed by atoms with Crippen molar-refractivity contribution in [1.82, 2.24) is 15.6 Å². The summed E-state index contributed by atoms with van der Waals surface area (Å²) >= 11 is 6.03. The molecule has 2 amide bonds. The molecule has 33 heavy (non-hydrogen) atoms. The standard InChI is InChI=1S/C22H30ClN3O6S/c1-22(2,3)32-21(28)26-18-9-13(12-31-33(4,29)30)5-7-17(18)25-20(27)19-11-14-10-15(23)6-8-16(14)24-19/h6,8,10-11,13,17-18,24H,5,7,9,12H2,1-4H3,(H,25,27)(H,26,28)/t13-,17-,18+/m0/s1. The van der Waals surface area contributed by atoms with Gasteiger partial charge in [0.25, 0.3) is 16.0 Å². The number of benzene rings is 1. The Bertz CT molecular complexity index is 1120. The zero-order valence-electron chi connectivity index (χ0n) is 19.1. The molecule has 9 nitrogen and oxygen atoms in total. The number of hydrogen-bond acceptors (Lipinski definition) is 6. The van der Waals surface area contributed by atoms with E-state index in [1.165, 1.54) is 0 Å². The van der Waals surface area contributed by atoms with Crippen molar-refractivity contribution in [3.05, 3.63) is 35.0 Å². The van der Waals surface area contributed by atoms with Crippen LogP contribution in [0.15, 0.2) is 24.3 Å². The second-order valence-corrected chi connectivity index (χ2v) is 11.5. The van der Waals surface area contributed by atoms with Crippen molar-refractivity contribution in [3.63, 3.8) is 0 Å². The third kappa shape index (κ3) is 7.62. The lowest BCUT2D eigenvalue weighted by molar-refractivity contribution is 0.0451. The molecule has 1 aromatic carbocycles. The molecule has 3 atom stereocenters. The molecule has 1 aromatic heterocycles. The van der Waals surface area contributed by atoms with Crippen LogP contribution in [-0.4, -0.2) is 55.9 Å². The molecule has 1 aliphatic rings. The molecular weight excluding hydrogens is 470 g/mol. The summed E-state index contributed by atoms with van der Waals surface area (Å²) in [6.07, 6.45) is 2.01. The maximum Gasteiger partial charge on any atom is 0.407 e. The largest absolute Gasteiger partial charge is 0.444 e. The van der Waals surface area contributed by atoms with E-state index in [1.807, 2.05) is 0 Å². The maximum atomic E-state index is 12.9. The fourth-order valence-corrected chi connectivity index (χ4v) is 4.51. The number of aromatic amines is 1. The van der Waals surface area contributed by atoms with E-state index < -0.39 is 27.9 Å². The van der Waals surface area contributed by atoms with E-state index in [-0.39, 0.29) is 24.5 Å². The average Bonchev–Trinajstić information content (AvgIpc) is 3.09. The fraction of sp³-hybridized carbons (Fsp3) is 0.545. The Labute approximate surface area is 198 Å². The van der Waals surface area contributed by atoms with Crippen LogP contribution in [-0.2, 0) is 19.0 Å². The van der Waals surface area contributed by atoms with Crippen LogP contribution in [0.2, 0.25) is 5.02 Å². The molecular formula is C22H30ClN3O6S. The first-order chi connectivity index (χ1) is 15.3. The van der Waals surface area contributed by atoms with Gasteiger partial charge in [-0.3, -0.25) is 8.98 Å². The number of aromatic nitrogens is 1. The van der Waals surface area contributed by atoms with Crippen molar-refractivity contribution in [2.45, 2.75) is 57.7 Å². The van der Waals surface area contributed by atoms with Crippen molar-refractivity contribution in [2.75, 3.05) is 12.9 Å². The van der Waals surface area contributed by atoms with Gasteiger partial charge in [-0.05, 0) is 70.2 Å². The van der Waals surface area contributed by atoms with E-state index in [4.69, 9.17) is 20.5 Å². The molecule has 1 aliphatic carbocycles. The predicted octanol–water partition coefficient (Wildman–Crippen LogP) is 3.59. The van der Waals surface area contributed by atoms with E-state index in [1.54, 1.807) is 45.0 Å². The molecule has 0 unspecified atom stereocenters. The van der Waals surface area contributed by atoms with Crippen LogP contribution < -0.4 is 10.6 Å². The van der Waals surface area contributed by atoms with Gasteiger partial charge in [0.1, 0.15) is 11.3 Å². The molecule has 0 spiro atoms. The summed E-state index contributed by atoms with van der Waals surface area (Å²) in [5.41, 5.74) is 0.488. The number of rotatable bonds is 6. The lowest BCUT2D eigenvalue weighted by Crippen LogP contribution is -2.55. The zero-order valence-corrected chi connectivity index (χ0v) is 20.7. The number of amides is 2. The minimum Gasteiger partial charge on any atom is -0.444 e. The summed E-state index contributed by atoms with van der Waals surface area (Å²) < 4.78 is 33.1. The molecule has 1 heterocycles. The second kappa shape index (κ2) is 9.90. The van der Waals surface area contributed by atoms with Gasteiger partial charge in [0, 0.05) is 22.0 Å². The van der Waals surface area contributed by atoms with Crippen LogP contribution in [0.5, 0.6) is 0 Å². The highest BCUT2D eigenvalue weighted by molar-refractivity contribution is 7.85. The Morgan fingerprint density at radius 2 is 1.88 bits per heavy atom. The van der Waals surface area contributed by atoms with Crippen molar-refractivity contribution in [2.24, 2.45) is 5.92 Å². The average molecular weight is 500 g/mol. The summed E-state index contributed by atoms with van der Waals surface area (Å²) in [4.78, 5) is 28.4. The van der Waals surface area contributed by atoms with Crippen molar-refractivity contribution in [1.29, 1.82) is 0 Å². The van der Waals surface area contributed by atoms with Gasteiger partial charge in [-0.15, -0.1) is 0 Å². The molecule has 11 heteroatoms. The minimum atomic E-state index is -3.57. The predicted molar refractivity (Wildman–Crippen MR) is 126 cm³/mol. The van der Waals surface area contributed by atoms with Gasteiger partial charge in [-0.25, -0.2) is 4.79 Å². The Balaban J connectivity index is 1.72. The summed E-state index contributed by atoms with van der Waals surface area (Å²) in [5, 5.41) is 7.22. The van der Waals surface area contributed by atoms with Crippen LogP contribution >= 0.6 is 11.6 Å². The van der Waals surface area contributed by atoms with Crippen LogP contribution in [0.25, 0.3) is 10.9 Å². The van der Waals surface area contributed by atoms with Crippen LogP contribution in [0, 0.1) is 5.92 Å². The number of carbonyl (C=O) groups is 2. The lowest BCUT2D eigenvalue weighted by atomic mass is 9.82. The molecule has 1 saturated carbocycles. The first-order valence-corrected chi connectivity index (χ1v) is 12.9. The monoisotopic (exact) mass is 499 g/mol. The fourth-order valence-electron chi connectivity index (χ4n) is 3.89. The highest BCUT2D eigenvalue weighted by Gasteiger charge is 2.34. The van der Waals surface area contributed by atoms with Gasteiger partial charge < -0.3 is 20.4 Å². The van der Waals surface area contributed by atoms with Gasteiger partial charge in [0.05, 0.1) is 18.9 Å². The highest BCUT2D eigenvalue weighted by Crippen LogP contribution is 2.27. The number of ether oxygens (including phenoxy) is 1. The Morgan fingerprint density at radius 1 is 1.15 bits per heavy atom. The Morgan fingerprint density at radius 3 is 2.55 bits per heavy atom. The normalized spacial score (nSPS) is 21.5. The number of fused-ring (bicyclic) bond motifs is 1. The minimum absolute atomic E-state index is 0.0226. The number of carbonyl (C=O) groups excluding carboxylic acids is 2. The summed E-state index contributed by atoms with van der Waals surface area (Å²) in [6.45, 7) is 5.31. The van der Waals surface area contributed by atoms with E-state index in [0.717, 1.165) is 17.2 Å². The molecule has 0 saturated heterocycles. The third-order valence-corrected chi connectivity index (χ3v) is 6.12. The second-order valence-electron chi connectivity index (χ2n) is 9.41. The van der Waals surface area contributed by atoms with Gasteiger partial charge in [-0.2, -0.15) is 8.42 Å². The Kier molecular flexibility index (Phi) is 7.60. The van der Waals surface area contributed by atoms with Crippen LogP contribution in [0.3, 0.4) is 0 Å². The molecule has 182 valence electrons. The SMILES string of the molecule is CC(C)(C)OC(=O)N[C@@H]1C[C@@H](COS(C)(=O)=O)CC[C@@H]1NC(=O)c1cc2cc(Cl)ccc2[nH]1. The lowest BCUT2D eigenvalue weighted by Gasteiger charge is -2.37. The number of nitrogens with one attached hydrogen (secondary N) is 3. The van der Waals surface area contributed by atoms with E-state index in [9.17, 15) is 18.0 Å². The van der Waals surface area contributed by atoms with Gasteiger partial charge in [-0.1, -0.05) is 11.6 Å². The zero-order chi connectivity index (χ0) is 24.4. The summed E-state index contributed by atoms with van der Waals surface area (Å²) in [6, 6.07) is 6.21. The van der Waals surface area contributed by atoms with E-state index in [2.05, 4.69) is 15.6 Å². The number of halogens is 1. The van der Waals surface area contributed by atoms with Gasteiger partial charge in [0.15, 0.2) is 0 Å². The molecule has 3 N–H and O–H groups in total. The molecule has 3 rings (SSSR count). The summed E-state index contributed by atoms with van der Waals surface area (Å²) in [7, 11) is -3.57. The van der Waals surface area contributed by atoms with Gasteiger partial charge in [0.2, 0.25) is 0 Å².